The molecule has 1 aliphatic carbocycles. The Hall–Kier alpha value is -2.14. The Kier molecular flexibility index (Phi) is 6.00. The van der Waals surface area contributed by atoms with Crippen LogP contribution in [0.25, 0.3) is 0 Å². The molecule has 0 saturated carbocycles. The van der Waals surface area contributed by atoms with Crippen LogP contribution in [0, 0.1) is 17.8 Å². The van der Waals surface area contributed by atoms with E-state index in [2.05, 4.69) is 5.32 Å². The SMILES string of the molecule is CC(C)C[C@@H](C(=O)NCc1ccc(Cl)cc1)N1C(=O)[C@H]2CC=CC[C@@H]2C1=O. The van der Waals surface area contributed by atoms with Gasteiger partial charge in [-0.15, -0.1) is 0 Å². The number of carbonyl (C=O) groups is 3. The van der Waals surface area contributed by atoms with E-state index in [0.717, 1.165) is 5.56 Å². The first kappa shape index (κ1) is 19.6. The first-order valence-corrected chi connectivity index (χ1v) is 9.80. The number of allylic oxidation sites excluding steroid dienone is 2. The summed E-state index contributed by atoms with van der Waals surface area (Å²) in [4.78, 5) is 39.9. The van der Waals surface area contributed by atoms with Crippen molar-refractivity contribution in [3.05, 3.63) is 47.0 Å². The van der Waals surface area contributed by atoms with Gasteiger partial charge in [0.25, 0.3) is 0 Å². The fourth-order valence-electron chi connectivity index (χ4n) is 3.82. The van der Waals surface area contributed by atoms with Gasteiger partial charge in [0, 0.05) is 11.6 Å². The van der Waals surface area contributed by atoms with E-state index >= 15 is 0 Å². The molecule has 1 fully saturated rings. The lowest BCUT2D eigenvalue weighted by molar-refractivity contribution is -0.148. The Morgan fingerprint density at radius 1 is 1.11 bits per heavy atom. The fourth-order valence-corrected chi connectivity index (χ4v) is 3.94. The lowest BCUT2D eigenvalue weighted by Crippen LogP contribution is -2.50. The third-order valence-corrected chi connectivity index (χ3v) is 5.48. The van der Waals surface area contributed by atoms with Crippen LogP contribution in [-0.4, -0.2) is 28.7 Å². The zero-order valence-corrected chi connectivity index (χ0v) is 16.4. The van der Waals surface area contributed by atoms with Crippen LogP contribution in [-0.2, 0) is 20.9 Å². The second-order valence-corrected chi connectivity index (χ2v) is 8.13. The second-order valence-electron chi connectivity index (χ2n) is 7.69. The van der Waals surface area contributed by atoms with Crippen LogP contribution in [0.3, 0.4) is 0 Å². The molecule has 27 heavy (non-hydrogen) atoms. The largest absolute Gasteiger partial charge is 0.350 e. The Labute approximate surface area is 164 Å². The number of nitrogens with one attached hydrogen (secondary N) is 1. The number of halogens is 1. The van der Waals surface area contributed by atoms with Crippen LogP contribution in [0.2, 0.25) is 5.02 Å². The predicted molar refractivity (Wildman–Crippen MR) is 104 cm³/mol. The summed E-state index contributed by atoms with van der Waals surface area (Å²) in [5, 5.41) is 3.51. The van der Waals surface area contributed by atoms with Crippen molar-refractivity contribution < 1.29 is 14.4 Å². The molecule has 2 aliphatic rings. The highest BCUT2D eigenvalue weighted by molar-refractivity contribution is 6.30. The van der Waals surface area contributed by atoms with Gasteiger partial charge in [-0.1, -0.05) is 49.7 Å². The number of likely N-dealkylation sites (tertiary alicyclic amines) is 1. The molecule has 3 amide bonds. The number of hydrogen-bond acceptors (Lipinski definition) is 3. The molecular formula is C21H25ClN2O3. The predicted octanol–water partition coefficient (Wildman–Crippen LogP) is 3.32. The summed E-state index contributed by atoms with van der Waals surface area (Å²) in [5.41, 5.74) is 0.910. The van der Waals surface area contributed by atoms with E-state index < -0.39 is 6.04 Å². The van der Waals surface area contributed by atoms with Crippen LogP contribution < -0.4 is 5.32 Å². The Balaban J connectivity index is 1.75. The number of hydrogen-bond donors (Lipinski definition) is 1. The normalized spacial score (nSPS) is 22.9. The van der Waals surface area contributed by atoms with Gasteiger partial charge in [0.05, 0.1) is 11.8 Å². The molecule has 1 heterocycles. The van der Waals surface area contributed by atoms with Crippen LogP contribution in [0.4, 0.5) is 0 Å². The van der Waals surface area contributed by atoms with Crippen LogP contribution in [0.15, 0.2) is 36.4 Å². The number of imide groups is 1. The van der Waals surface area contributed by atoms with Gasteiger partial charge in [-0.25, -0.2) is 0 Å². The van der Waals surface area contributed by atoms with Crippen molar-refractivity contribution in [2.75, 3.05) is 0 Å². The summed E-state index contributed by atoms with van der Waals surface area (Å²) in [6, 6.07) is 6.45. The third-order valence-electron chi connectivity index (χ3n) is 5.23. The van der Waals surface area contributed by atoms with Gasteiger partial charge in [0.2, 0.25) is 17.7 Å². The van der Waals surface area contributed by atoms with Crippen molar-refractivity contribution in [1.82, 2.24) is 10.2 Å². The first-order chi connectivity index (χ1) is 12.9. The van der Waals surface area contributed by atoms with Crippen molar-refractivity contribution in [1.29, 1.82) is 0 Å². The van der Waals surface area contributed by atoms with Crippen LogP contribution >= 0.6 is 11.6 Å². The maximum Gasteiger partial charge on any atom is 0.243 e. The van der Waals surface area contributed by atoms with Gasteiger partial charge in [-0.3, -0.25) is 19.3 Å². The summed E-state index contributed by atoms with van der Waals surface area (Å²) >= 11 is 5.89. The van der Waals surface area contributed by atoms with Crippen molar-refractivity contribution in [2.45, 2.75) is 45.7 Å². The number of nitrogens with zero attached hydrogens (tertiary/aromatic N) is 1. The molecule has 3 rings (SSSR count). The molecule has 1 aromatic rings. The van der Waals surface area contributed by atoms with E-state index in [-0.39, 0.29) is 35.5 Å². The summed E-state index contributed by atoms with van der Waals surface area (Å²) in [7, 11) is 0. The highest BCUT2D eigenvalue weighted by atomic mass is 35.5. The topological polar surface area (TPSA) is 66.5 Å². The minimum absolute atomic E-state index is 0.178. The van der Waals surface area contributed by atoms with E-state index in [1.54, 1.807) is 12.1 Å². The molecule has 0 bridgehead atoms. The molecule has 1 N–H and O–H groups in total. The number of fused-ring (bicyclic) bond motifs is 1. The monoisotopic (exact) mass is 388 g/mol. The summed E-state index contributed by atoms with van der Waals surface area (Å²) in [6.45, 7) is 4.30. The average Bonchev–Trinajstić information content (AvgIpc) is 2.90. The van der Waals surface area contributed by atoms with E-state index in [0.29, 0.717) is 30.8 Å². The van der Waals surface area contributed by atoms with E-state index in [9.17, 15) is 14.4 Å². The van der Waals surface area contributed by atoms with Crippen molar-refractivity contribution in [3.63, 3.8) is 0 Å². The minimum Gasteiger partial charge on any atom is -0.350 e. The van der Waals surface area contributed by atoms with Gasteiger partial charge in [0.15, 0.2) is 0 Å². The molecule has 5 nitrogen and oxygen atoms in total. The molecule has 0 unspecified atom stereocenters. The highest BCUT2D eigenvalue weighted by Gasteiger charge is 2.51. The smallest absolute Gasteiger partial charge is 0.243 e. The number of carbonyl (C=O) groups excluding carboxylic acids is 3. The quantitative estimate of drug-likeness (QED) is 0.600. The summed E-state index contributed by atoms with van der Waals surface area (Å²) < 4.78 is 0. The standard InChI is InChI=1S/C21H25ClN2O3/c1-13(2)11-18(19(25)23-12-14-7-9-15(22)10-8-14)24-20(26)16-5-3-4-6-17(16)21(24)27/h3-4,7-10,13,16-18H,5-6,11-12H2,1-2H3,(H,23,25)/t16-,17-,18-/m0/s1. The van der Waals surface area contributed by atoms with E-state index in [4.69, 9.17) is 11.6 Å². The fraction of sp³-hybridized carbons (Fsp3) is 0.476. The molecule has 1 aromatic carbocycles. The Morgan fingerprint density at radius 3 is 2.19 bits per heavy atom. The lowest BCUT2D eigenvalue weighted by atomic mass is 9.85. The zero-order chi connectivity index (χ0) is 19.6. The molecule has 6 heteroatoms. The second kappa shape index (κ2) is 8.26. The lowest BCUT2D eigenvalue weighted by Gasteiger charge is -2.27. The number of amides is 3. The maximum atomic E-state index is 12.9. The first-order valence-electron chi connectivity index (χ1n) is 9.42. The molecule has 0 radical (unpaired) electrons. The van der Waals surface area contributed by atoms with Crippen LogP contribution in [0.5, 0.6) is 0 Å². The highest BCUT2D eigenvalue weighted by Crippen LogP contribution is 2.37. The van der Waals surface area contributed by atoms with Crippen molar-refractivity contribution in [3.8, 4) is 0 Å². The van der Waals surface area contributed by atoms with Crippen molar-refractivity contribution in [2.24, 2.45) is 17.8 Å². The third kappa shape index (κ3) is 4.24. The molecule has 1 saturated heterocycles. The van der Waals surface area contributed by atoms with Crippen LogP contribution in [0.1, 0.15) is 38.7 Å². The zero-order valence-electron chi connectivity index (χ0n) is 15.7. The Bertz CT molecular complexity index is 731. The van der Waals surface area contributed by atoms with E-state index in [1.165, 1.54) is 4.90 Å². The molecular weight excluding hydrogens is 364 g/mol. The average molecular weight is 389 g/mol. The maximum absolute atomic E-state index is 12.9. The molecule has 144 valence electrons. The van der Waals surface area contributed by atoms with Gasteiger partial charge >= 0.3 is 0 Å². The van der Waals surface area contributed by atoms with Crippen molar-refractivity contribution >= 4 is 29.3 Å². The summed E-state index contributed by atoms with van der Waals surface area (Å²) in [5.74, 6) is -1.16. The molecule has 1 aliphatic heterocycles. The van der Waals surface area contributed by atoms with Gasteiger partial charge in [-0.2, -0.15) is 0 Å². The molecule has 0 aromatic heterocycles. The van der Waals surface area contributed by atoms with E-state index in [1.807, 2.05) is 38.1 Å². The van der Waals surface area contributed by atoms with Gasteiger partial charge < -0.3 is 5.32 Å². The molecule has 0 spiro atoms. The number of benzene rings is 1. The number of rotatable bonds is 6. The summed E-state index contributed by atoms with van der Waals surface area (Å²) in [6.07, 6.45) is 5.51. The minimum atomic E-state index is -0.761. The molecule has 3 atom stereocenters. The van der Waals surface area contributed by atoms with Gasteiger partial charge in [-0.05, 0) is 42.9 Å². The van der Waals surface area contributed by atoms with Gasteiger partial charge in [0.1, 0.15) is 6.04 Å². The Morgan fingerprint density at radius 2 is 1.67 bits per heavy atom.